The van der Waals surface area contributed by atoms with Gasteiger partial charge in [-0.15, -0.1) is 35.9 Å². The van der Waals surface area contributed by atoms with Gasteiger partial charge in [-0.3, -0.25) is 0 Å². The molecule has 0 aliphatic heterocycles. The number of rotatable bonds is 1. The number of fused-ring (bicyclic) bond motifs is 5. The zero-order valence-electron chi connectivity index (χ0n) is 13.4. The van der Waals surface area contributed by atoms with Crippen molar-refractivity contribution >= 4 is 32.3 Å². The van der Waals surface area contributed by atoms with Gasteiger partial charge in [0.25, 0.3) is 0 Å². The predicted molar refractivity (Wildman–Crippen MR) is 101 cm³/mol. The van der Waals surface area contributed by atoms with Crippen LogP contribution in [0.25, 0.3) is 43.6 Å². The van der Waals surface area contributed by atoms with E-state index in [2.05, 4.69) is 71.7 Å². The summed E-state index contributed by atoms with van der Waals surface area (Å²) in [6.07, 6.45) is 1.96. The minimum absolute atomic E-state index is 0. The molecule has 0 spiro atoms. The van der Waals surface area contributed by atoms with E-state index in [1.165, 1.54) is 26.9 Å². The second-order valence-corrected chi connectivity index (χ2v) is 6.01. The molecule has 1 aromatic heterocycles. The van der Waals surface area contributed by atoms with Crippen LogP contribution in [-0.4, -0.2) is 4.98 Å². The number of hydrogen-bond acceptors (Lipinski definition) is 1. The van der Waals surface area contributed by atoms with Crippen LogP contribution in [0.2, 0.25) is 0 Å². The first kappa shape index (κ1) is 16.0. The molecule has 5 aromatic rings. The molecule has 0 aliphatic rings. The van der Waals surface area contributed by atoms with Crippen molar-refractivity contribution in [3.8, 4) is 11.3 Å². The van der Waals surface area contributed by atoms with Crippen molar-refractivity contribution in [2.24, 2.45) is 0 Å². The summed E-state index contributed by atoms with van der Waals surface area (Å²) in [6.45, 7) is 0. The van der Waals surface area contributed by atoms with Crippen LogP contribution in [-0.2, 0) is 20.1 Å². The second kappa shape index (κ2) is 6.40. The van der Waals surface area contributed by atoms with Crippen LogP contribution >= 0.6 is 0 Å². The van der Waals surface area contributed by atoms with Gasteiger partial charge in [-0.05, 0) is 38.0 Å². The number of benzene rings is 4. The van der Waals surface area contributed by atoms with Crippen LogP contribution in [0.4, 0.5) is 0 Å². The van der Waals surface area contributed by atoms with E-state index in [1.54, 1.807) is 0 Å². The van der Waals surface area contributed by atoms with Crippen molar-refractivity contribution in [3.63, 3.8) is 0 Å². The van der Waals surface area contributed by atoms with Gasteiger partial charge in [0.1, 0.15) is 0 Å². The van der Waals surface area contributed by atoms with Gasteiger partial charge in [-0.2, -0.15) is 0 Å². The summed E-state index contributed by atoms with van der Waals surface area (Å²) in [7, 11) is 0. The van der Waals surface area contributed by atoms with Gasteiger partial charge >= 0.3 is 0 Å². The third-order valence-electron chi connectivity index (χ3n) is 4.61. The number of pyridine rings is 1. The smallest absolute Gasteiger partial charge is 0.0239 e. The molecule has 0 fully saturated rings. The largest absolute Gasteiger partial charge is 0.304 e. The molecule has 0 N–H and O–H groups in total. The van der Waals surface area contributed by atoms with Crippen LogP contribution in [0.3, 0.4) is 0 Å². The molecular weight excluding hydrogens is 482 g/mol. The van der Waals surface area contributed by atoms with Gasteiger partial charge in [0, 0.05) is 26.3 Å². The molecule has 0 amide bonds. The van der Waals surface area contributed by atoms with Crippen LogP contribution in [0.15, 0.2) is 85.1 Å². The summed E-state index contributed by atoms with van der Waals surface area (Å²) in [5.41, 5.74) is 1.99. The van der Waals surface area contributed by atoms with Crippen LogP contribution in [0.5, 0.6) is 0 Å². The topological polar surface area (TPSA) is 12.9 Å². The summed E-state index contributed by atoms with van der Waals surface area (Å²) in [5, 5.41) is 7.52. The SMILES string of the molecule is [Ir].[c-]1ccccc1-c1cc2c(ccc3c4ccccc4ccc23)cn1. The van der Waals surface area contributed by atoms with Crippen molar-refractivity contribution in [1.82, 2.24) is 4.98 Å². The number of hydrogen-bond donors (Lipinski definition) is 0. The first-order valence-corrected chi connectivity index (χ1v) is 8.07. The molecule has 0 saturated carbocycles. The van der Waals surface area contributed by atoms with E-state index in [4.69, 9.17) is 0 Å². The molecule has 0 saturated heterocycles. The average Bonchev–Trinajstić information content (AvgIpc) is 2.67. The van der Waals surface area contributed by atoms with E-state index in [9.17, 15) is 0 Å². The Hall–Kier alpha value is -2.54. The Morgan fingerprint density at radius 3 is 2.24 bits per heavy atom. The second-order valence-electron chi connectivity index (χ2n) is 6.01. The maximum Gasteiger partial charge on any atom is 0.0239 e. The molecule has 1 nitrogen and oxygen atoms in total. The van der Waals surface area contributed by atoms with Gasteiger partial charge in [0.15, 0.2) is 0 Å². The van der Waals surface area contributed by atoms with Crippen LogP contribution in [0.1, 0.15) is 0 Å². The fourth-order valence-electron chi connectivity index (χ4n) is 3.42. The molecule has 0 aliphatic carbocycles. The molecule has 1 radical (unpaired) electrons. The fraction of sp³-hybridized carbons (Fsp3) is 0. The number of nitrogens with zero attached hydrogens (tertiary/aromatic N) is 1. The Kier molecular flexibility index (Phi) is 4.09. The minimum atomic E-state index is 0. The Morgan fingerprint density at radius 1 is 0.640 bits per heavy atom. The maximum atomic E-state index is 4.62. The van der Waals surface area contributed by atoms with E-state index in [-0.39, 0.29) is 20.1 Å². The molecule has 5 rings (SSSR count). The van der Waals surface area contributed by atoms with E-state index < -0.39 is 0 Å². The van der Waals surface area contributed by atoms with E-state index >= 15 is 0 Å². The Labute approximate surface area is 159 Å². The Balaban J connectivity index is 0.00000157. The summed E-state index contributed by atoms with van der Waals surface area (Å²) in [5.74, 6) is 0. The van der Waals surface area contributed by atoms with Crippen molar-refractivity contribution in [1.29, 1.82) is 0 Å². The van der Waals surface area contributed by atoms with E-state index in [1.807, 2.05) is 24.4 Å². The van der Waals surface area contributed by atoms with Crippen molar-refractivity contribution in [3.05, 3.63) is 91.1 Å². The molecule has 0 unspecified atom stereocenters. The standard InChI is InChI=1S/C23H14N.Ir/c1-2-7-17(8-3-1)23-14-22-18(15-24-23)11-13-20-19-9-5-4-6-16(19)10-12-21(20)22;/h1-7,9-15H;/q-1;. The summed E-state index contributed by atoms with van der Waals surface area (Å²) in [4.78, 5) is 4.62. The molecule has 4 aromatic carbocycles. The minimum Gasteiger partial charge on any atom is -0.304 e. The molecule has 1 heterocycles. The zero-order valence-corrected chi connectivity index (χ0v) is 15.8. The molecule has 25 heavy (non-hydrogen) atoms. The first-order chi connectivity index (χ1) is 11.9. The molecule has 0 atom stereocenters. The predicted octanol–water partition coefficient (Wildman–Crippen LogP) is 6.01. The quantitative estimate of drug-likeness (QED) is 0.205. The van der Waals surface area contributed by atoms with Crippen molar-refractivity contribution < 1.29 is 20.1 Å². The monoisotopic (exact) mass is 497 g/mol. The van der Waals surface area contributed by atoms with Gasteiger partial charge in [0.05, 0.1) is 0 Å². The third kappa shape index (κ3) is 2.64. The fourth-order valence-corrected chi connectivity index (χ4v) is 3.42. The molecular formula is C23H14IrN-. The maximum absolute atomic E-state index is 4.62. The van der Waals surface area contributed by atoms with Gasteiger partial charge < -0.3 is 4.98 Å². The van der Waals surface area contributed by atoms with Crippen molar-refractivity contribution in [2.75, 3.05) is 0 Å². The summed E-state index contributed by atoms with van der Waals surface area (Å²) >= 11 is 0. The van der Waals surface area contributed by atoms with E-state index in [0.29, 0.717) is 0 Å². The van der Waals surface area contributed by atoms with Gasteiger partial charge in [0.2, 0.25) is 0 Å². The Bertz CT molecular complexity index is 1200. The normalized spacial score (nSPS) is 10.9. The van der Waals surface area contributed by atoms with Crippen LogP contribution < -0.4 is 0 Å². The average molecular weight is 497 g/mol. The third-order valence-corrected chi connectivity index (χ3v) is 4.61. The van der Waals surface area contributed by atoms with E-state index in [0.717, 1.165) is 16.6 Å². The van der Waals surface area contributed by atoms with Crippen molar-refractivity contribution in [2.45, 2.75) is 0 Å². The Morgan fingerprint density at radius 2 is 1.40 bits per heavy atom. The number of aromatic nitrogens is 1. The molecule has 2 heteroatoms. The molecule has 0 bridgehead atoms. The summed E-state index contributed by atoms with van der Waals surface area (Å²) < 4.78 is 0. The molecule has 121 valence electrons. The first-order valence-electron chi connectivity index (χ1n) is 8.07. The zero-order chi connectivity index (χ0) is 15.9. The van der Waals surface area contributed by atoms with Crippen LogP contribution in [0, 0.1) is 6.07 Å². The summed E-state index contributed by atoms with van der Waals surface area (Å²) in [6, 6.07) is 30.7. The van der Waals surface area contributed by atoms with Gasteiger partial charge in [-0.1, -0.05) is 54.6 Å². The van der Waals surface area contributed by atoms with Gasteiger partial charge in [-0.25, -0.2) is 0 Å².